The summed E-state index contributed by atoms with van der Waals surface area (Å²) in [7, 11) is 3.09. The molecule has 0 aliphatic carbocycles. The zero-order valence-electron chi connectivity index (χ0n) is 16.1. The number of pyridine rings is 1. The third kappa shape index (κ3) is 7.59. The second-order valence-electron chi connectivity index (χ2n) is 5.67. The zero-order valence-corrected chi connectivity index (χ0v) is 19.2. The van der Waals surface area contributed by atoms with Crippen molar-refractivity contribution in [1.29, 1.82) is 0 Å². The summed E-state index contributed by atoms with van der Waals surface area (Å²) in [6, 6.07) is 6.15. The number of nitrogens with one attached hydrogen (secondary N) is 1. The van der Waals surface area contributed by atoms with E-state index < -0.39 is 11.7 Å². The van der Waals surface area contributed by atoms with Crippen molar-refractivity contribution in [3.05, 3.63) is 46.6 Å². The first-order chi connectivity index (χ1) is 13.7. The summed E-state index contributed by atoms with van der Waals surface area (Å²) in [5.41, 5.74) is 5.71. The van der Waals surface area contributed by atoms with E-state index >= 15 is 0 Å². The lowest BCUT2D eigenvalue weighted by Crippen LogP contribution is -2.34. The Labute approximate surface area is 193 Å². The van der Waals surface area contributed by atoms with Gasteiger partial charge in [0.15, 0.2) is 17.5 Å². The molecule has 1 aromatic carbocycles. The van der Waals surface area contributed by atoms with Gasteiger partial charge in [0.25, 0.3) is 0 Å². The van der Waals surface area contributed by atoms with E-state index in [9.17, 15) is 13.2 Å². The molecule has 1 heterocycles. The standard InChI is InChI=1S/C18H20ClF3N4O3.HI/c1-27-14-4-3-11(7-15(14)28-2)9-26-17(23)24-5-6-29-16-13(19)8-12(10-25-16)18(20,21)22;/h3-4,7-8,10H,5-6,9H2,1-2H3,(H3,23,24,26);1H. The van der Waals surface area contributed by atoms with Crippen LogP contribution in [-0.2, 0) is 12.7 Å². The average molecular weight is 561 g/mol. The summed E-state index contributed by atoms with van der Waals surface area (Å²) in [4.78, 5) is 7.77. The van der Waals surface area contributed by atoms with Crippen LogP contribution in [0.5, 0.6) is 17.4 Å². The molecule has 2 rings (SSSR count). The van der Waals surface area contributed by atoms with Gasteiger partial charge in [-0.25, -0.2) is 9.98 Å². The zero-order chi connectivity index (χ0) is 21.4. The van der Waals surface area contributed by atoms with Crippen molar-refractivity contribution in [3.8, 4) is 17.4 Å². The predicted octanol–water partition coefficient (Wildman–Crippen LogP) is 3.87. The highest BCUT2D eigenvalue weighted by atomic mass is 127. The molecule has 0 amide bonds. The highest BCUT2D eigenvalue weighted by molar-refractivity contribution is 14.0. The topological polar surface area (TPSA) is 91.0 Å². The Morgan fingerprint density at radius 1 is 1.20 bits per heavy atom. The number of hydrogen-bond donors (Lipinski definition) is 2. The Kier molecular flexibility index (Phi) is 10.3. The molecule has 166 valence electrons. The Morgan fingerprint density at radius 3 is 2.50 bits per heavy atom. The van der Waals surface area contributed by atoms with Gasteiger partial charge >= 0.3 is 6.18 Å². The number of methoxy groups -OCH3 is 2. The SMILES string of the molecule is COc1ccc(CN=C(N)NCCOc2ncc(C(F)(F)F)cc2Cl)cc1OC.I. The van der Waals surface area contributed by atoms with Crippen LogP contribution in [0.4, 0.5) is 13.2 Å². The fraction of sp³-hybridized carbons (Fsp3) is 0.333. The first-order valence-electron chi connectivity index (χ1n) is 8.34. The molecule has 0 fully saturated rings. The van der Waals surface area contributed by atoms with E-state index in [1.807, 2.05) is 6.07 Å². The summed E-state index contributed by atoms with van der Waals surface area (Å²) in [6.45, 7) is 0.636. The van der Waals surface area contributed by atoms with Crippen LogP contribution in [0.25, 0.3) is 0 Å². The highest BCUT2D eigenvalue weighted by Crippen LogP contribution is 2.33. The lowest BCUT2D eigenvalue weighted by Gasteiger charge is -2.11. The lowest BCUT2D eigenvalue weighted by molar-refractivity contribution is -0.137. The largest absolute Gasteiger partial charge is 0.493 e. The molecule has 30 heavy (non-hydrogen) atoms. The van der Waals surface area contributed by atoms with Gasteiger partial charge in [0.1, 0.15) is 11.6 Å². The van der Waals surface area contributed by atoms with Crippen molar-refractivity contribution in [3.63, 3.8) is 0 Å². The van der Waals surface area contributed by atoms with Crippen LogP contribution in [0.2, 0.25) is 5.02 Å². The lowest BCUT2D eigenvalue weighted by atomic mass is 10.2. The van der Waals surface area contributed by atoms with Crippen molar-refractivity contribution in [2.75, 3.05) is 27.4 Å². The van der Waals surface area contributed by atoms with Crippen LogP contribution < -0.4 is 25.3 Å². The third-order valence-corrected chi connectivity index (χ3v) is 3.93. The molecule has 0 atom stereocenters. The number of benzene rings is 1. The Bertz CT molecular complexity index is 869. The molecule has 0 radical (unpaired) electrons. The number of aromatic nitrogens is 1. The van der Waals surface area contributed by atoms with Crippen molar-refractivity contribution in [2.45, 2.75) is 12.7 Å². The minimum atomic E-state index is -4.52. The highest BCUT2D eigenvalue weighted by Gasteiger charge is 2.31. The number of nitrogens with zero attached hydrogens (tertiary/aromatic N) is 2. The molecule has 12 heteroatoms. The molecule has 0 saturated carbocycles. The Morgan fingerprint density at radius 2 is 1.90 bits per heavy atom. The number of halogens is 5. The van der Waals surface area contributed by atoms with Gasteiger partial charge in [-0.1, -0.05) is 17.7 Å². The van der Waals surface area contributed by atoms with Crippen molar-refractivity contribution < 1.29 is 27.4 Å². The van der Waals surface area contributed by atoms with E-state index in [0.29, 0.717) is 24.2 Å². The van der Waals surface area contributed by atoms with Gasteiger partial charge in [-0.2, -0.15) is 13.2 Å². The maximum absolute atomic E-state index is 12.6. The molecule has 0 saturated heterocycles. The quantitative estimate of drug-likeness (QED) is 0.221. The van der Waals surface area contributed by atoms with E-state index in [1.165, 1.54) is 0 Å². The predicted molar refractivity (Wildman–Crippen MR) is 118 cm³/mol. The van der Waals surface area contributed by atoms with Crippen LogP contribution in [0.3, 0.4) is 0 Å². The molecular formula is C18H21ClF3IN4O3. The van der Waals surface area contributed by atoms with E-state index in [2.05, 4.69) is 15.3 Å². The Balaban J connectivity index is 0.00000450. The summed E-state index contributed by atoms with van der Waals surface area (Å²) in [6.07, 6.45) is -3.86. The minimum Gasteiger partial charge on any atom is -0.493 e. The molecule has 0 aliphatic rings. The summed E-state index contributed by atoms with van der Waals surface area (Å²) in [5, 5.41) is 2.60. The number of rotatable bonds is 8. The van der Waals surface area contributed by atoms with E-state index in [4.69, 9.17) is 31.5 Å². The van der Waals surface area contributed by atoms with E-state index in [0.717, 1.165) is 11.6 Å². The van der Waals surface area contributed by atoms with Crippen LogP contribution in [0.15, 0.2) is 35.5 Å². The summed E-state index contributed by atoms with van der Waals surface area (Å²) >= 11 is 5.77. The van der Waals surface area contributed by atoms with Gasteiger partial charge < -0.3 is 25.3 Å². The molecule has 0 spiro atoms. The van der Waals surface area contributed by atoms with Crippen molar-refractivity contribution in [2.24, 2.45) is 10.7 Å². The molecule has 7 nitrogen and oxygen atoms in total. The van der Waals surface area contributed by atoms with Gasteiger partial charge in [0, 0.05) is 6.20 Å². The van der Waals surface area contributed by atoms with Gasteiger partial charge in [-0.15, -0.1) is 24.0 Å². The molecule has 0 bridgehead atoms. The van der Waals surface area contributed by atoms with Gasteiger partial charge in [-0.3, -0.25) is 0 Å². The number of nitrogens with two attached hydrogens (primary N) is 1. The number of ether oxygens (including phenoxy) is 3. The maximum atomic E-state index is 12.6. The van der Waals surface area contributed by atoms with Crippen LogP contribution >= 0.6 is 35.6 Å². The maximum Gasteiger partial charge on any atom is 0.417 e. The van der Waals surface area contributed by atoms with E-state index in [-0.39, 0.29) is 54.0 Å². The molecule has 0 aliphatic heterocycles. The second-order valence-corrected chi connectivity index (χ2v) is 6.08. The first kappa shape index (κ1) is 25.9. The van der Waals surface area contributed by atoms with Gasteiger partial charge in [0.2, 0.25) is 5.88 Å². The fourth-order valence-corrected chi connectivity index (χ4v) is 2.45. The van der Waals surface area contributed by atoms with E-state index in [1.54, 1.807) is 26.4 Å². The van der Waals surface area contributed by atoms with Crippen LogP contribution in [0, 0.1) is 0 Å². The number of hydrogen-bond acceptors (Lipinski definition) is 5. The normalized spacial score (nSPS) is 11.5. The number of guanidine groups is 1. The molecule has 2 aromatic rings. The van der Waals surface area contributed by atoms with Crippen LogP contribution in [-0.4, -0.2) is 38.3 Å². The number of alkyl halides is 3. The minimum absolute atomic E-state index is 0. The monoisotopic (exact) mass is 560 g/mol. The van der Waals surface area contributed by atoms with Crippen molar-refractivity contribution in [1.82, 2.24) is 10.3 Å². The Hall–Kier alpha value is -2.15. The molecular weight excluding hydrogens is 540 g/mol. The number of aliphatic imine (C=N–C) groups is 1. The van der Waals surface area contributed by atoms with Crippen molar-refractivity contribution >= 4 is 41.5 Å². The van der Waals surface area contributed by atoms with Gasteiger partial charge in [-0.05, 0) is 23.8 Å². The molecule has 1 aromatic heterocycles. The molecule has 3 N–H and O–H groups in total. The first-order valence-corrected chi connectivity index (χ1v) is 8.72. The fourth-order valence-electron chi connectivity index (χ4n) is 2.22. The molecule has 0 unspecified atom stereocenters. The second kappa shape index (κ2) is 11.9. The summed E-state index contributed by atoms with van der Waals surface area (Å²) < 4.78 is 53.4. The van der Waals surface area contributed by atoms with Gasteiger partial charge in [0.05, 0.1) is 32.9 Å². The smallest absolute Gasteiger partial charge is 0.417 e. The van der Waals surface area contributed by atoms with Crippen LogP contribution in [0.1, 0.15) is 11.1 Å². The average Bonchev–Trinajstić information content (AvgIpc) is 2.69. The summed E-state index contributed by atoms with van der Waals surface area (Å²) in [5.74, 6) is 1.28. The third-order valence-electron chi connectivity index (χ3n) is 3.66.